The Balaban J connectivity index is 3.32. The van der Waals surface area contributed by atoms with Crippen LogP contribution >= 0.6 is 0 Å². The first-order valence-electron chi connectivity index (χ1n) is 4.40. The van der Waals surface area contributed by atoms with Crippen LogP contribution < -0.4 is 0 Å². The Morgan fingerprint density at radius 1 is 1.50 bits per heavy atom. The van der Waals surface area contributed by atoms with Gasteiger partial charge in [0.1, 0.15) is 0 Å². The predicted molar refractivity (Wildman–Crippen MR) is 48.8 cm³/mol. The molecule has 0 spiro atoms. The smallest absolute Gasteiger partial charge is 0.0947 e. The Labute approximate surface area is 74.9 Å². The maximum absolute atomic E-state index is 8.58. The second-order valence-corrected chi connectivity index (χ2v) is 2.90. The van der Waals surface area contributed by atoms with Gasteiger partial charge < -0.3 is 4.74 Å². The van der Waals surface area contributed by atoms with E-state index in [9.17, 15) is 0 Å². The summed E-state index contributed by atoms with van der Waals surface area (Å²) < 4.78 is 5.30. The molecule has 0 saturated carbocycles. The molecule has 0 fully saturated rings. The highest BCUT2D eigenvalue weighted by Gasteiger charge is 2.05. The van der Waals surface area contributed by atoms with Crippen LogP contribution in [0.15, 0.2) is 0 Å². The third-order valence-electron chi connectivity index (χ3n) is 1.78. The zero-order chi connectivity index (χ0) is 9.40. The first-order chi connectivity index (χ1) is 5.72. The molecule has 0 radical (unpaired) electrons. The van der Waals surface area contributed by atoms with E-state index < -0.39 is 0 Å². The van der Waals surface area contributed by atoms with Crippen LogP contribution in [0, 0.1) is 11.3 Å². The molecule has 0 aliphatic heterocycles. The number of likely N-dealkylation sites (N-methyl/N-ethyl adjacent to an activating group) is 1. The molecule has 3 heteroatoms. The van der Waals surface area contributed by atoms with Gasteiger partial charge in [-0.2, -0.15) is 5.26 Å². The van der Waals surface area contributed by atoms with E-state index in [1.807, 2.05) is 18.9 Å². The highest BCUT2D eigenvalue weighted by Crippen LogP contribution is 1.92. The zero-order valence-electron chi connectivity index (χ0n) is 8.21. The van der Waals surface area contributed by atoms with Crippen molar-refractivity contribution < 1.29 is 4.74 Å². The van der Waals surface area contributed by atoms with Crippen LogP contribution in [-0.4, -0.2) is 37.7 Å². The molecule has 0 amide bonds. The Kier molecular flexibility index (Phi) is 6.73. The molecule has 0 rings (SSSR count). The number of rotatable bonds is 6. The van der Waals surface area contributed by atoms with Crippen LogP contribution in [-0.2, 0) is 4.74 Å². The van der Waals surface area contributed by atoms with E-state index in [-0.39, 0.29) is 6.04 Å². The van der Waals surface area contributed by atoms with Crippen molar-refractivity contribution in [1.82, 2.24) is 4.90 Å². The summed E-state index contributed by atoms with van der Waals surface area (Å²) in [5, 5.41) is 8.58. The monoisotopic (exact) mass is 170 g/mol. The van der Waals surface area contributed by atoms with E-state index in [0.717, 1.165) is 26.2 Å². The van der Waals surface area contributed by atoms with Gasteiger partial charge in [0.25, 0.3) is 0 Å². The average Bonchev–Trinajstić information content (AvgIpc) is 2.10. The fraction of sp³-hybridized carbons (Fsp3) is 0.889. The van der Waals surface area contributed by atoms with Crippen molar-refractivity contribution in [3.63, 3.8) is 0 Å². The number of hydrogen-bond acceptors (Lipinski definition) is 3. The van der Waals surface area contributed by atoms with Crippen molar-refractivity contribution >= 4 is 0 Å². The van der Waals surface area contributed by atoms with Crippen molar-refractivity contribution in [3.8, 4) is 6.07 Å². The molecule has 0 aliphatic rings. The zero-order valence-corrected chi connectivity index (χ0v) is 8.21. The molecule has 0 saturated heterocycles. The molecular weight excluding hydrogens is 152 g/mol. The van der Waals surface area contributed by atoms with Gasteiger partial charge in [-0.05, 0) is 20.4 Å². The third kappa shape index (κ3) is 5.11. The quantitative estimate of drug-likeness (QED) is 0.563. The van der Waals surface area contributed by atoms with Gasteiger partial charge >= 0.3 is 0 Å². The maximum Gasteiger partial charge on any atom is 0.0947 e. The molecule has 1 atom stereocenters. The number of ether oxygens (including phenoxy) is 1. The normalized spacial score (nSPS) is 12.9. The summed E-state index contributed by atoms with van der Waals surface area (Å²) in [4.78, 5) is 1.98. The van der Waals surface area contributed by atoms with Gasteiger partial charge in [-0.25, -0.2) is 0 Å². The fourth-order valence-corrected chi connectivity index (χ4v) is 0.747. The lowest BCUT2D eigenvalue weighted by Gasteiger charge is -2.18. The molecule has 3 nitrogen and oxygen atoms in total. The molecule has 0 heterocycles. The molecule has 0 aromatic heterocycles. The fourth-order valence-electron chi connectivity index (χ4n) is 0.747. The predicted octanol–water partition coefficient (Wildman–Crippen LogP) is 1.26. The second kappa shape index (κ2) is 7.08. The molecule has 0 N–H and O–H groups in total. The topological polar surface area (TPSA) is 36.3 Å². The van der Waals surface area contributed by atoms with E-state index >= 15 is 0 Å². The van der Waals surface area contributed by atoms with Gasteiger partial charge in [0.05, 0.1) is 18.7 Å². The first kappa shape index (κ1) is 11.4. The van der Waals surface area contributed by atoms with Crippen LogP contribution in [0.4, 0.5) is 0 Å². The SMILES string of the molecule is CCCOCCN(C)C(C)C#N. The van der Waals surface area contributed by atoms with E-state index in [4.69, 9.17) is 10.00 Å². The maximum atomic E-state index is 8.58. The standard InChI is InChI=1S/C9H18N2O/c1-4-6-12-7-5-11(3)9(2)8-10/h9H,4-7H2,1-3H3. The van der Waals surface area contributed by atoms with Gasteiger partial charge in [0.2, 0.25) is 0 Å². The summed E-state index contributed by atoms with van der Waals surface area (Å²) in [7, 11) is 1.93. The van der Waals surface area contributed by atoms with Crippen LogP contribution in [0.5, 0.6) is 0 Å². The average molecular weight is 170 g/mol. The summed E-state index contributed by atoms with van der Waals surface area (Å²) >= 11 is 0. The van der Waals surface area contributed by atoms with Gasteiger partial charge in [0.15, 0.2) is 0 Å². The number of nitrogens with zero attached hydrogens (tertiary/aromatic N) is 2. The molecule has 12 heavy (non-hydrogen) atoms. The van der Waals surface area contributed by atoms with Gasteiger partial charge in [-0.3, -0.25) is 4.90 Å². The Morgan fingerprint density at radius 2 is 2.17 bits per heavy atom. The molecular formula is C9H18N2O. The molecule has 70 valence electrons. The van der Waals surface area contributed by atoms with Crippen LogP contribution in [0.25, 0.3) is 0 Å². The molecule has 1 unspecified atom stereocenters. The highest BCUT2D eigenvalue weighted by atomic mass is 16.5. The lowest BCUT2D eigenvalue weighted by Crippen LogP contribution is -2.31. The Hall–Kier alpha value is -0.590. The molecule has 0 aliphatic carbocycles. The van der Waals surface area contributed by atoms with E-state index in [2.05, 4.69) is 13.0 Å². The van der Waals surface area contributed by atoms with Gasteiger partial charge in [-0.1, -0.05) is 6.92 Å². The molecule has 0 bridgehead atoms. The van der Waals surface area contributed by atoms with Crippen molar-refractivity contribution in [2.75, 3.05) is 26.8 Å². The third-order valence-corrected chi connectivity index (χ3v) is 1.78. The number of hydrogen-bond donors (Lipinski definition) is 0. The summed E-state index contributed by atoms with van der Waals surface area (Å²) in [6, 6.07) is 2.16. The van der Waals surface area contributed by atoms with Crippen LogP contribution in [0.1, 0.15) is 20.3 Å². The summed E-state index contributed by atoms with van der Waals surface area (Å²) in [5.74, 6) is 0. The first-order valence-corrected chi connectivity index (χ1v) is 4.40. The minimum absolute atomic E-state index is 0.0183. The summed E-state index contributed by atoms with van der Waals surface area (Å²) in [5.41, 5.74) is 0. The minimum atomic E-state index is -0.0183. The second-order valence-electron chi connectivity index (χ2n) is 2.90. The van der Waals surface area contributed by atoms with E-state index in [1.165, 1.54) is 0 Å². The van der Waals surface area contributed by atoms with Crippen molar-refractivity contribution in [3.05, 3.63) is 0 Å². The lowest BCUT2D eigenvalue weighted by atomic mass is 10.3. The summed E-state index contributed by atoms with van der Waals surface area (Å²) in [6.45, 7) is 6.33. The minimum Gasteiger partial charge on any atom is -0.380 e. The van der Waals surface area contributed by atoms with E-state index in [0.29, 0.717) is 0 Å². The highest BCUT2D eigenvalue weighted by molar-refractivity contribution is 4.86. The molecule has 0 aromatic rings. The molecule has 0 aromatic carbocycles. The number of nitriles is 1. The Bertz CT molecular complexity index is 142. The van der Waals surface area contributed by atoms with Gasteiger partial charge in [0, 0.05) is 13.2 Å². The van der Waals surface area contributed by atoms with Gasteiger partial charge in [-0.15, -0.1) is 0 Å². The van der Waals surface area contributed by atoms with Crippen molar-refractivity contribution in [2.45, 2.75) is 26.3 Å². The van der Waals surface area contributed by atoms with Crippen molar-refractivity contribution in [2.24, 2.45) is 0 Å². The van der Waals surface area contributed by atoms with E-state index in [1.54, 1.807) is 0 Å². The largest absolute Gasteiger partial charge is 0.380 e. The summed E-state index contributed by atoms with van der Waals surface area (Å²) in [6.07, 6.45) is 1.05. The Morgan fingerprint density at radius 3 is 2.67 bits per heavy atom. The van der Waals surface area contributed by atoms with Crippen LogP contribution in [0.2, 0.25) is 0 Å². The lowest BCUT2D eigenvalue weighted by molar-refractivity contribution is 0.107. The van der Waals surface area contributed by atoms with Crippen LogP contribution in [0.3, 0.4) is 0 Å². The van der Waals surface area contributed by atoms with Crippen molar-refractivity contribution in [1.29, 1.82) is 5.26 Å².